The first-order valence-corrected chi connectivity index (χ1v) is 7.76. The van der Waals surface area contributed by atoms with Gasteiger partial charge in [-0.1, -0.05) is 19.1 Å². The highest BCUT2D eigenvalue weighted by Gasteiger charge is 2.38. The molecule has 3 nitrogen and oxygen atoms in total. The van der Waals surface area contributed by atoms with Crippen LogP contribution >= 0.6 is 0 Å². The molecule has 0 bridgehead atoms. The lowest BCUT2D eigenvalue weighted by Gasteiger charge is -2.36. The first-order valence-electron chi connectivity index (χ1n) is 7.76. The molecule has 0 saturated carbocycles. The molecule has 1 aliphatic heterocycles. The number of rotatable bonds is 4. The van der Waals surface area contributed by atoms with Crippen LogP contribution in [0.3, 0.4) is 0 Å². The predicted molar refractivity (Wildman–Crippen MR) is 82.5 cm³/mol. The molecule has 1 amide bonds. The highest BCUT2D eigenvalue weighted by molar-refractivity contribution is 5.83. The van der Waals surface area contributed by atoms with Gasteiger partial charge in [0.05, 0.1) is 11.5 Å². The van der Waals surface area contributed by atoms with Crippen molar-refractivity contribution < 1.29 is 9.18 Å². The van der Waals surface area contributed by atoms with Crippen molar-refractivity contribution in [1.29, 1.82) is 0 Å². The maximum absolute atomic E-state index is 13.7. The number of carbonyl (C=O) groups excluding carboxylic acids is 1. The fourth-order valence-corrected chi connectivity index (χ4v) is 2.94. The zero-order chi connectivity index (χ0) is 15.5. The van der Waals surface area contributed by atoms with Crippen LogP contribution in [0, 0.1) is 18.2 Å². The van der Waals surface area contributed by atoms with Crippen molar-refractivity contribution in [2.45, 2.75) is 46.1 Å². The van der Waals surface area contributed by atoms with E-state index < -0.39 is 0 Å². The predicted octanol–water partition coefficient (Wildman–Crippen LogP) is 3.09. The molecule has 4 heteroatoms. The van der Waals surface area contributed by atoms with Gasteiger partial charge in [0.2, 0.25) is 5.91 Å². The van der Waals surface area contributed by atoms with Crippen LogP contribution in [0.25, 0.3) is 0 Å². The van der Waals surface area contributed by atoms with Crippen LogP contribution in [0.1, 0.15) is 50.3 Å². The largest absolute Gasteiger partial charge is 0.349 e. The molecule has 0 spiro atoms. The zero-order valence-corrected chi connectivity index (χ0v) is 13.1. The smallest absolute Gasteiger partial charge is 0.227 e. The number of hydrogen-bond acceptors (Lipinski definition) is 2. The molecule has 1 saturated heterocycles. The highest BCUT2D eigenvalue weighted by atomic mass is 19.1. The van der Waals surface area contributed by atoms with Gasteiger partial charge in [-0.2, -0.15) is 0 Å². The lowest BCUT2D eigenvalue weighted by atomic mass is 9.77. The van der Waals surface area contributed by atoms with E-state index in [2.05, 4.69) is 17.6 Å². The minimum Gasteiger partial charge on any atom is -0.349 e. The summed E-state index contributed by atoms with van der Waals surface area (Å²) in [6, 6.07) is 4.96. The van der Waals surface area contributed by atoms with Crippen molar-refractivity contribution in [2.24, 2.45) is 5.41 Å². The van der Waals surface area contributed by atoms with Gasteiger partial charge in [0.1, 0.15) is 5.82 Å². The van der Waals surface area contributed by atoms with Crippen molar-refractivity contribution in [2.75, 3.05) is 13.1 Å². The summed E-state index contributed by atoms with van der Waals surface area (Å²) in [6.07, 6.45) is 2.76. The Bertz CT molecular complexity index is 510. The lowest BCUT2D eigenvalue weighted by Crippen LogP contribution is -2.50. The van der Waals surface area contributed by atoms with E-state index >= 15 is 0 Å². The Morgan fingerprint density at radius 1 is 1.52 bits per heavy atom. The van der Waals surface area contributed by atoms with E-state index in [0.29, 0.717) is 5.56 Å². The molecule has 21 heavy (non-hydrogen) atoms. The topological polar surface area (TPSA) is 41.1 Å². The number of amides is 1. The summed E-state index contributed by atoms with van der Waals surface area (Å²) in [7, 11) is 0. The normalized spacial score (nSPS) is 23.6. The van der Waals surface area contributed by atoms with Gasteiger partial charge in [-0.15, -0.1) is 0 Å². The molecule has 1 heterocycles. The second kappa shape index (κ2) is 6.56. The molecule has 0 radical (unpaired) electrons. The molecule has 1 aliphatic rings. The van der Waals surface area contributed by atoms with E-state index in [4.69, 9.17) is 0 Å². The first kappa shape index (κ1) is 16.0. The van der Waals surface area contributed by atoms with Crippen molar-refractivity contribution >= 4 is 5.91 Å². The van der Waals surface area contributed by atoms with Crippen LogP contribution in [0.5, 0.6) is 0 Å². The molecule has 0 aromatic heterocycles. The van der Waals surface area contributed by atoms with E-state index in [9.17, 15) is 9.18 Å². The molecule has 2 N–H and O–H groups in total. The zero-order valence-electron chi connectivity index (χ0n) is 13.1. The molecule has 2 atom stereocenters. The van der Waals surface area contributed by atoms with E-state index in [1.807, 2.05) is 13.0 Å². The Hall–Kier alpha value is -1.42. The Morgan fingerprint density at radius 2 is 2.29 bits per heavy atom. The number of halogens is 1. The summed E-state index contributed by atoms with van der Waals surface area (Å²) in [4.78, 5) is 12.6. The van der Waals surface area contributed by atoms with Crippen molar-refractivity contribution in [1.82, 2.24) is 10.6 Å². The van der Waals surface area contributed by atoms with E-state index in [0.717, 1.165) is 37.9 Å². The van der Waals surface area contributed by atoms with Gasteiger partial charge in [0.25, 0.3) is 0 Å². The Kier molecular flexibility index (Phi) is 4.99. The van der Waals surface area contributed by atoms with Gasteiger partial charge in [-0.3, -0.25) is 4.79 Å². The summed E-state index contributed by atoms with van der Waals surface area (Å²) in [5.74, 6) is -0.149. The minimum absolute atomic E-state index is 0.0747. The molecule has 116 valence electrons. The second-order valence-electron chi connectivity index (χ2n) is 6.12. The summed E-state index contributed by atoms with van der Waals surface area (Å²) in [5, 5.41) is 6.37. The molecule has 1 aromatic carbocycles. The first-order chi connectivity index (χ1) is 9.98. The van der Waals surface area contributed by atoms with E-state index in [1.54, 1.807) is 13.0 Å². The average molecular weight is 292 g/mol. The third-order valence-electron chi connectivity index (χ3n) is 4.67. The molecular weight excluding hydrogens is 267 g/mol. The summed E-state index contributed by atoms with van der Waals surface area (Å²) in [6.45, 7) is 7.41. The molecule has 2 unspecified atom stereocenters. The van der Waals surface area contributed by atoms with Crippen LogP contribution < -0.4 is 10.6 Å². The molecule has 2 rings (SSSR count). The maximum Gasteiger partial charge on any atom is 0.227 e. The Morgan fingerprint density at radius 3 is 2.86 bits per heavy atom. The van der Waals surface area contributed by atoms with Crippen LogP contribution in [0.2, 0.25) is 0 Å². The number of carbonyl (C=O) groups is 1. The summed E-state index contributed by atoms with van der Waals surface area (Å²) in [5.41, 5.74) is 1.11. The number of piperidine rings is 1. The molecule has 0 aliphatic carbocycles. The van der Waals surface area contributed by atoms with Gasteiger partial charge < -0.3 is 10.6 Å². The van der Waals surface area contributed by atoms with Crippen LogP contribution in [-0.2, 0) is 4.79 Å². The monoisotopic (exact) mass is 292 g/mol. The summed E-state index contributed by atoms with van der Waals surface area (Å²) < 4.78 is 13.7. The highest BCUT2D eigenvalue weighted by Crippen LogP contribution is 2.31. The van der Waals surface area contributed by atoms with Gasteiger partial charge >= 0.3 is 0 Å². The van der Waals surface area contributed by atoms with Crippen molar-refractivity contribution in [3.8, 4) is 0 Å². The number of nitrogens with one attached hydrogen (secondary N) is 2. The third-order valence-corrected chi connectivity index (χ3v) is 4.67. The second-order valence-corrected chi connectivity index (χ2v) is 6.12. The number of hydrogen-bond donors (Lipinski definition) is 2. The fourth-order valence-electron chi connectivity index (χ4n) is 2.94. The van der Waals surface area contributed by atoms with Gasteiger partial charge in [-0.25, -0.2) is 4.39 Å². The van der Waals surface area contributed by atoms with Gasteiger partial charge in [0, 0.05) is 6.54 Å². The van der Waals surface area contributed by atoms with Gasteiger partial charge in [0.15, 0.2) is 0 Å². The van der Waals surface area contributed by atoms with Gasteiger partial charge in [-0.05, 0) is 56.8 Å². The number of benzene rings is 1. The standard InChI is InChI=1S/C17H25FN2O/c1-4-17(8-5-9-19-11-17)16(21)20-13(3)14-7-6-12(2)15(18)10-14/h6-7,10,13,19H,4-5,8-9,11H2,1-3H3,(H,20,21). The fraction of sp³-hybridized carbons (Fsp3) is 0.588. The molecule has 1 fully saturated rings. The van der Waals surface area contributed by atoms with E-state index in [1.165, 1.54) is 6.07 Å². The van der Waals surface area contributed by atoms with Crippen LogP contribution in [0.4, 0.5) is 4.39 Å². The quantitative estimate of drug-likeness (QED) is 0.895. The maximum atomic E-state index is 13.7. The Balaban J connectivity index is 2.08. The molecular formula is C17H25FN2O. The van der Waals surface area contributed by atoms with E-state index in [-0.39, 0.29) is 23.2 Å². The number of aryl methyl sites for hydroxylation is 1. The van der Waals surface area contributed by atoms with Crippen LogP contribution in [-0.4, -0.2) is 19.0 Å². The SMILES string of the molecule is CCC1(C(=O)NC(C)c2ccc(C)c(F)c2)CCCNC1. The van der Waals surface area contributed by atoms with Crippen molar-refractivity contribution in [3.63, 3.8) is 0 Å². The average Bonchev–Trinajstić information content (AvgIpc) is 2.50. The lowest BCUT2D eigenvalue weighted by molar-refractivity contribution is -0.133. The summed E-state index contributed by atoms with van der Waals surface area (Å²) >= 11 is 0. The van der Waals surface area contributed by atoms with Crippen molar-refractivity contribution in [3.05, 3.63) is 35.1 Å². The van der Waals surface area contributed by atoms with Crippen LogP contribution in [0.15, 0.2) is 18.2 Å². The molecule has 1 aromatic rings. The Labute approximate surface area is 126 Å². The third kappa shape index (κ3) is 3.43. The minimum atomic E-state index is -0.324.